The fraction of sp³-hybridized carbons (Fsp3) is 0.333. The third-order valence-electron chi connectivity index (χ3n) is 2.59. The fourth-order valence-electron chi connectivity index (χ4n) is 1.53. The van der Waals surface area contributed by atoms with Crippen molar-refractivity contribution >= 4 is 11.8 Å². The van der Waals surface area contributed by atoms with E-state index in [1.165, 1.54) is 4.68 Å². The summed E-state index contributed by atoms with van der Waals surface area (Å²) in [5, 5.41) is 8.00. The van der Waals surface area contributed by atoms with Crippen LogP contribution >= 0.6 is 11.8 Å². The molecule has 4 nitrogen and oxygen atoms in total. The summed E-state index contributed by atoms with van der Waals surface area (Å²) in [4.78, 5) is 0. The minimum absolute atomic E-state index is 0.132. The SMILES string of the molecule is Cc1ccc(-c2nnc(SCCC(F)(F)F)n2N)cc1. The molecular formula is C12H13F3N4S. The van der Waals surface area contributed by atoms with Gasteiger partial charge in [0.15, 0.2) is 5.82 Å². The number of thioether (sulfide) groups is 1. The van der Waals surface area contributed by atoms with Crippen molar-refractivity contribution in [3.8, 4) is 11.4 Å². The van der Waals surface area contributed by atoms with Crippen molar-refractivity contribution in [1.82, 2.24) is 14.9 Å². The Labute approximate surface area is 118 Å². The highest BCUT2D eigenvalue weighted by Crippen LogP contribution is 2.26. The van der Waals surface area contributed by atoms with Crippen LogP contribution in [-0.4, -0.2) is 26.8 Å². The molecule has 0 saturated heterocycles. The molecule has 0 aliphatic carbocycles. The van der Waals surface area contributed by atoms with E-state index in [9.17, 15) is 13.2 Å². The zero-order valence-electron chi connectivity index (χ0n) is 10.7. The molecule has 0 aliphatic rings. The molecule has 0 bridgehead atoms. The molecule has 8 heteroatoms. The lowest BCUT2D eigenvalue weighted by atomic mass is 10.1. The van der Waals surface area contributed by atoms with E-state index in [2.05, 4.69) is 10.2 Å². The van der Waals surface area contributed by atoms with Gasteiger partial charge in [-0.05, 0) is 6.92 Å². The maximum atomic E-state index is 12.1. The Bertz CT molecular complexity index is 577. The van der Waals surface area contributed by atoms with Gasteiger partial charge in [-0.3, -0.25) is 0 Å². The number of hydrogen-bond donors (Lipinski definition) is 1. The largest absolute Gasteiger partial charge is 0.389 e. The van der Waals surface area contributed by atoms with E-state index in [-0.39, 0.29) is 10.9 Å². The van der Waals surface area contributed by atoms with Crippen LogP contribution in [-0.2, 0) is 0 Å². The number of hydrogen-bond acceptors (Lipinski definition) is 4. The number of nitrogens with zero attached hydrogens (tertiary/aromatic N) is 3. The highest BCUT2D eigenvalue weighted by molar-refractivity contribution is 7.99. The van der Waals surface area contributed by atoms with Crippen LogP contribution in [0.5, 0.6) is 0 Å². The van der Waals surface area contributed by atoms with Crippen molar-refractivity contribution in [2.45, 2.75) is 24.7 Å². The second-order valence-corrected chi connectivity index (χ2v) is 5.32. The van der Waals surface area contributed by atoms with Crippen molar-refractivity contribution in [2.75, 3.05) is 11.6 Å². The van der Waals surface area contributed by atoms with Gasteiger partial charge in [0.2, 0.25) is 5.16 Å². The van der Waals surface area contributed by atoms with E-state index in [0.29, 0.717) is 5.82 Å². The van der Waals surface area contributed by atoms with Crippen LogP contribution in [0.1, 0.15) is 12.0 Å². The molecule has 0 atom stereocenters. The fourth-order valence-corrected chi connectivity index (χ4v) is 2.37. The van der Waals surface area contributed by atoms with Crippen LogP contribution in [0.3, 0.4) is 0 Å². The van der Waals surface area contributed by atoms with Crippen LogP contribution < -0.4 is 5.84 Å². The summed E-state index contributed by atoms with van der Waals surface area (Å²) >= 11 is 0.937. The lowest BCUT2D eigenvalue weighted by Crippen LogP contribution is -2.13. The van der Waals surface area contributed by atoms with Gasteiger partial charge in [0.1, 0.15) is 0 Å². The number of nitrogens with two attached hydrogens (primary N) is 1. The van der Waals surface area contributed by atoms with Crippen LogP contribution in [0.4, 0.5) is 13.2 Å². The molecule has 1 aromatic heterocycles. The van der Waals surface area contributed by atoms with E-state index in [1.807, 2.05) is 31.2 Å². The number of rotatable bonds is 4. The zero-order chi connectivity index (χ0) is 14.8. The van der Waals surface area contributed by atoms with Crippen molar-refractivity contribution in [3.63, 3.8) is 0 Å². The van der Waals surface area contributed by atoms with Crippen molar-refractivity contribution < 1.29 is 13.2 Å². The highest BCUT2D eigenvalue weighted by atomic mass is 32.2. The Morgan fingerprint density at radius 3 is 2.45 bits per heavy atom. The van der Waals surface area contributed by atoms with Crippen molar-refractivity contribution in [2.24, 2.45) is 0 Å². The van der Waals surface area contributed by atoms with Gasteiger partial charge in [-0.1, -0.05) is 41.6 Å². The summed E-state index contributed by atoms with van der Waals surface area (Å²) in [6.07, 6.45) is -5.06. The predicted octanol–water partition coefficient (Wildman–Crippen LogP) is 3.01. The molecule has 2 N–H and O–H groups in total. The van der Waals surface area contributed by atoms with Gasteiger partial charge in [-0.15, -0.1) is 10.2 Å². The second kappa shape index (κ2) is 5.74. The standard InChI is InChI=1S/C12H13F3N4S/c1-8-2-4-9(5-3-8)10-17-18-11(19(10)16)20-7-6-12(13,14)15/h2-5H,6-7,16H2,1H3. The number of benzene rings is 1. The van der Waals surface area contributed by atoms with E-state index in [4.69, 9.17) is 5.84 Å². The third kappa shape index (κ3) is 3.66. The minimum atomic E-state index is -4.17. The summed E-state index contributed by atoms with van der Waals surface area (Å²) in [6, 6.07) is 7.49. The predicted molar refractivity (Wildman–Crippen MR) is 71.7 cm³/mol. The maximum absolute atomic E-state index is 12.1. The molecule has 0 amide bonds. The van der Waals surface area contributed by atoms with E-state index >= 15 is 0 Å². The number of halogens is 3. The molecular weight excluding hydrogens is 289 g/mol. The Kier molecular flexibility index (Phi) is 4.22. The topological polar surface area (TPSA) is 56.7 Å². The molecule has 0 radical (unpaired) electrons. The molecule has 20 heavy (non-hydrogen) atoms. The molecule has 0 fully saturated rings. The van der Waals surface area contributed by atoms with Gasteiger partial charge >= 0.3 is 6.18 Å². The van der Waals surface area contributed by atoms with Crippen LogP contribution in [0.15, 0.2) is 29.4 Å². The average Bonchev–Trinajstić information content (AvgIpc) is 2.71. The van der Waals surface area contributed by atoms with Gasteiger partial charge in [-0.2, -0.15) is 13.2 Å². The first-order chi connectivity index (χ1) is 9.37. The van der Waals surface area contributed by atoms with Gasteiger partial charge < -0.3 is 5.84 Å². The lowest BCUT2D eigenvalue weighted by Gasteiger charge is -2.06. The number of aromatic nitrogens is 3. The zero-order valence-corrected chi connectivity index (χ0v) is 11.5. The highest BCUT2D eigenvalue weighted by Gasteiger charge is 2.27. The normalized spacial score (nSPS) is 11.8. The summed E-state index contributed by atoms with van der Waals surface area (Å²) in [6.45, 7) is 1.95. The number of aryl methyl sites for hydroxylation is 1. The smallest absolute Gasteiger partial charge is 0.335 e. The van der Waals surface area contributed by atoms with Crippen molar-refractivity contribution in [3.05, 3.63) is 29.8 Å². The summed E-state index contributed by atoms with van der Waals surface area (Å²) in [7, 11) is 0. The van der Waals surface area contributed by atoms with Crippen LogP contribution in [0.2, 0.25) is 0 Å². The molecule has 2 rings (SSSR count). The first-order valence-corrected chi connectivity index (χ1v) is 6.82. The monoisotopic (exact) mass is 302 g/mol. The Morgan fingerprint density at radius 1 is 1.20 bits per heavy atom. The molecule has 1 aromatic carbocycles. The van der Waals surface area contributed by atoms with Gasteiger partial charge in [0.05, 0.1) is 6.42 Å². The minimum Gasteiger partial charge on any atom is -0.335 e. The molecule has 2 aromatic rings. The van der Waals surface area contributed by atoms with Crippen molar-refractivity contribution in [1.29, 1.82) is 0 Å². The Balaban J connectivity index is 2.09. The summed E-state index contributed by atoms with van der Waals surface area (Å²) in [5.74, 6) is 6.11. The van der Waals surface area contributed by atoms with E-state index in [1.54, 1.807) is 0 Å². The van der Waals surface area contributed by atoms with Gasteiger partial charge in [0, 0.05) is 11.3 Å². The van der Waals surface area contributed by atoms with Crippen LogP contribution in [0.25, 0.3) is 11.4 Å². The second-order valence-electron chi connectivity index (χ2n) is 4.26. The first kappa shape index (κ1) is 14.7. The molecule has 108 valence electrons. The third-order valence-corrected chi connectivity index (χ3v) is 3.54. The Hall–Kier alpha value is -1.70. The molecule has 0 unspecified atom stereocenters. The molecule has 0 spiro atoms. The van der Waals surface area contributed by atoms with Gasteiger partial charge in [0.25, 0.3) is 0 Å². The number of alkyl halides is 3. The first-order valence-electron chi connectivity index (χ1n) is 5.84. The van der Waals surface area contributed by atoms with E-state index < -0.39 is 12.6 Å². The quantitative estimate of drug-likeness (QED) is 0.697. The average molecular weight is 302 g/mol. The Morgan fingerprint density at radius 2 is 1.85 bits per heavy atom. The summed E-state index contributed by atoms with van der Waals surface area (Å²) in [5.41, 5.74) is 1.87. The van der Waals surface area contributed by atoms with E-state index in [0.717, 1.165) is 22.9 Å². The summed E-state index contributed by atoms with van der Waals surface area (Å²) < 4.78 is 37.5. The van der Waals surface area contributed by atoms with Crippen LogP contribution in [0, 0.1) is 6.92 Å². The molecule has 0 saturated carbocycles. The molecule has 1 heterocycles. The van der Waals surface area contributed by atoms with Gasteiger partial charge in [-0.25, -0.2) is 4.68 Å². The number of nitrogen functional groups attached to an aromatic ring is 1. The maximum Gasteiger partial charge on any atom is 0.389 e. The molecule has 0 aliphatic heterocycles. The lowest BCUT2D eigenvalue weighted by molar-refractivity contribution is -0.129.